The van der Waals surface area contributed by atoms with E-state index in [0.29, 0.717) is 16.5 Å². The molecule has 1 heterocycles. The Labute approximate surface area is 117 Å². The van der Waals surface area contributed by atoms with Crippen LogP contribution in [0.5, 0.6) is 0 Å². The number of rotatable bonds is 4. The summed E-state index contributed by atoms with van der Waals surface area (Å²) in [7, 11) is 0. The normalized spacial score (nSPS) is 20.8. The summed E-state index contributed by atoms with van der Waals surface area (Å²) >= 11 is 11.9. The summed E-state index contributed by atoms with van der Waals surface area (Å²) in [5.74, 6) is 0.143. The second kappa shape index (κ2) is 5.91. The average molecular weight is 287 g/mol. The molecule has 1 aromatic carbocycles. The number of hydrogen-bond acceptors (Lipinski definition) is 2. The van der Waals surface area contributed by atoms with Gasteiger partial charge >= 0.3 is 0 Å². The lowest BCUT2D eigenvalue weighted by Gasteiger charge is -2.18. The Hall–Kier alpha value is -0.770. The highest BCUT2D eigenvalue weighted by atomic mass is 35.5. The van der Waals surface area contributed by atoms with Crippen molar-refractivity contribution in [3.63, 3.8) is 0 Å². The van der Waals surface area contributed by atoms with E-state index < -0.39 is 0 Å². The van der Waals surface area contributed by atoms with Crippen LogP contribution in [-0.4, -0.2) is 18.5 Å². The van der Waals surface area contributed by atoms with Gasteiger partial charge in [-0.2, -0.15) is 0 Å². The molecule has 2 rings (SSSR count). The van der Waals surface area contributed by atoms with Crippen molar-refractivity contribution >= 4 is 29.1 Å². The van der Waals surface area contributed by atoms with Crippen LogP contribution in [0.4, 0.5) is 0 Å². The number of amides is 1. The van der Waals surface area contributed by atoms with E-state index >= 15 is 0 Å². The van der Waals surface area contributed by atoms with Crippen molar-refractivity contribution in [2.45, 2.75) is 31.8 Å². The minimum Gasteiger partial charge on any atom is -0.352 e. The van der Waals surface area contributed by atoms with Crippen LogP contribution < -0.4 is 10.6 Å². The molecule has 0 radical (unpaired) electrons. The molecule has 1 aliphatic heterocycles. The largest absolute Gasteiger partial charge is 0.352 e. The molecule has 3 nitrogen and oxygen atoms in total. The van der Waals surface area contributed by atoms with Crippen LogP contribution in [0.3, 0.4) is 0 Å². The van der Waals surface area contributed by atoms with Crippen molar-refractivity contribution in [3.05, 3.63) is 33.8 Å². The first-order chi connectivity index (χ1) is 8.56. The Morgan fingerprint density at radius 3 is 2.83 bits per heavy atom. The van der Waals surface area contributed by atoms with Crippen LogP contribution in [0.1, 0.15) is 31.4 Å². The molecular formula is C13H16Cl2N2O. The molecule has 1 aliphatic rings. The summed E-state index contributed by atoms with van der Waals surface area (Å²) in [5, 5.41) is 7.46. The molecule has 0 spiro atoms. The lowest BCUT2D eigenvalue weighted by molar-refractivity contribution is -0.119. The molecular weight excluding hydrogens is 271 g/mol. The predicted octanol–water partition coefficient (Wildman–Crippen LogP) is 2.92. The summed E-state index contributed by atoms with van der Waals surface area (Å²) in [6.45, 7) is 2.84. The van der Waals surface area contributed by atoms with Gasteiger partial charge in [-0.1, -0.05) is 29.3 Å². The number of nitrogens with one attached hydrogen (secondary N) is 2. The fourth-order valence-corrected chi connectivity index (χ4v) is 2.36. The van der Waals surface area contributed by atoms with Gasteiger partial charge < -0.3 is 10.6 Å². The second-order valence-electron chi connectivity index (χ2n) is 4.61. The highest BCUT2D eigenvalue weighted by molar-refractivity contribution is 6.42. The van der Waals surface area contributed by atoms with Crippen LogP contribution >= 0.6 is 23.2 Å². The Kier molecular flexibility index (Phi) is 4.49. The van der Waals surface area contributed by atoms with Crippen LogP contribution in [-0.2, 0) is 4.79 Å². The first kappa shape index (κ1) is 13.7. The number of benzene rings is 1. The third-order valence-corrected chi connectivity index (χ3v) is 3.94. The smallest absolute Gasteiger partial charge is 0.220 e. The minimum atomic E-state index is 0.143. The Morgan fingerprint density at radius 2 is 2.22 bits per heavy atom. The molecule has 2 unspecified atom stereocenters. The number of carbonyl (C=O) groups excluding carboxylic acids is 1. The zero-order valence-electron chi connectivity index (χ0n) is 10.2. The van der Waals surface area contributed by atoms with Crippen molar-refractivity contribution in [3.8, 4) is 0 Å². The molecule has 98 valence electrons. The highest BCUT2D eigenvalue weighted by Crippen LogP contribution is 2.25. The zero-order chi connectivity index (χ0) is 13.1. The van der Waals surface area contributed by atoms with Gasteiger partial charge in [0.05, 0.1) is 10.0 Å². The molecule has 0 saturated carbocycles. The first-order valence-electron chi connectivity index (χ1n) is 6.04. The molecule has 1 aromatic rings. The van der Waals surface area contributed by atoms with Gasteiger partial charge in [0, 0.05) is 25.0 Å². The molecule has 2 atom stereocenters. The van der Waals surface area contributed by atoms with Crippen molar-refractivity contribution in [1.82, 2.24) is 10.6 Å². The number of halogens is 2. The average Bonchev–Trinajstić information content (AvgIpc) is 2.75. The van der Waals surface area contributed by atoms with Crippen LogP contribution in [0.2, 0.25) is 10.0 Å². The molecule has 1 saturated heterocycles. The lowest BCUT2D eigenvalue weighted by Crippen LogP contribution is -2.36. The Morgan fingerprint density at radius 1 is 1.44 bits per heavy atom. The lowest BCUT2D eigenvalue weighted by atomic mass is 10.1. The van der Waals surface area contributed by atoms with Gasteiger partial charge in [-0.05, 0) is 31.0 Å². The summed E-state index contributed by atoms with van der Waals surface area (Å²) in [6, 6.07) is 6.04. The predicted molar refractivity (Wildman–Crippen MR) is 74.0 cm³/mol. The van der Waals surface area contributed by atoms with E-state index in [1.54, 1.807) is 6.07 Å². The van der Waals surface area contributed by atoms with Crippen LogP contribution in [0.25, 0.3) is 0 Å². The SMILES string of the molecule is CC(NCC1CCC(=O)N1)c1ccc(Cl)c(Cl)c1. The summed E-state index contributed by atoms with van der Waals surface area (Å²) in [5.41, 5.74) is 1.09. The maximum Gasteiger partial charge on any atom is 0.220 e. The maximum atomic E-state index is 11.1. The second-order valence-corrected chi connectivity index (χ2v) is 5.42. The van der Waals surface area contributed by atoms with E-state index in [1.165, 1.54) is 0 Å². The van der Waals surface area contributed by atoms with Gasteiger partial charge in [-0.25, -0.2) is 0 Å². The molecule has 0 aromatic heterocycles. The third kappa shape index (κ3) is 3.37. The van der Waals surface area contributed by atoms with E-state index in [4.69, 9.17) is 23.2 Å². The Balaban J connectivity index is 1.89. The van der Waals surface area contributed by atoms with Crippen molar-refractivity contribution < 1.29 is 4.79 Å². The molecule has 18 heavy (non-hydrogen) atoms. The fraction of sp³-hybridized carbons (Fsp3) is 0.462. The minimum absolute atomic E-state index is 0.143. The molecule has 1 fully saturated rings. The molecule has 5 heteroatoms. The van der Waals surface area contributed by atoms with Gasteiger partial charge in [0.1, 0.15) is 0 Å². The quantitative estimate of drug-likeness (QED) is 0.894. The standard InChI is InChI=1S/C13H16Cl2N2O/c1-8(9-2-4-11(14)12(15)6-9)16-7-10-3-5-13(18)17-10/h2,4,6,8,10,16H,3,5,7H2,1H3,(H,17,18). The zero-order valence-corrected chi connectivity index (χ0v) is 11.7. The van der Waals surface area contributed by atoms with E-state index in [-0.39, 0.29) is 18.0 Å². The topological polar surface area (TPSA) is 41.1 Å². The monoisotopic (exact) mass is 286 g/mol. The van der Waals surface area contributed by atoms with E-state index in [2.05, 4.69) is 17.6 Å². The Bertz CT molecular complexity index is 451. The van der Waals surface area contributed by atoms with E-state index in [9.17, 15) is 4.79 Å². The third-order valence-electron chi connectivity index (χ3n) is 3.20. The highest BCUT2D eigenvalue weighted by Gasteiger charge is 2.20. The molecule has 0 bridgehead atoms. The van der Waals surface area contributed by atoms with E-state index in [1.807, 2.05) is 12.1 Å². The van der Waals surface area contributed by atoms with Crippen LogP contribution in [0, 0.1) is 0 Å². The van der Waals surface area contributed by atoms with E-state index in [0.717, 1.165) is 18.5 Å². The summed E-state index contributed by atoms with van der Waals surface area (Å²) in [4.78, 5) is 11.1. The van der Waals surface area contributed by atoms with Crippen LogP contribution in [0.15, 0.2) is 18.2 Å². The first-order valence-corrected chi connectivity index (χ1v) is 6.79. The number of carbonyl (C=O) groups is 1. The maximum absolute atomic E-state index is 11.1. The van der Waals surface area contributed by atoms with Gasteiger partial charge in [-0.15, -0.1) is 0 Å². The summed E-state index contributed by atoms with van der Waals surface area (Å²) < 4.78 is 0. The summed E-state index contributed by atoms with van der Waals surface area (Å²) in [6.07, 6.45) is 1.54. The molecule has 2 N–H and O–H groups in total. The van der Waals surface area contributed by atoms with Gasteiger partial charge in [0.2, 0.25) is 5.91 Å². The van der Waals surface area contributed by atoms with Crippen molar-refractivity contribution in [2.75, 3.05) is 6.54 Å². The fourth-order valence-electron chi connectivity index (χ4n) is 2.05. The van der Waals surface area contributed by atoms with Gasteiger partial charge in [0.25, 0.3) is 0 Å². The van der Waals surface area contributed by atoms with Crippen molar-refractivity contribution in [2.24, 2.45) is 0 Å². The van der Waals surface area contributed by atoms with Gasteiger partial charge in [-0.3, -0.25) is 4.79 Å². The molecule has 1 amide bonds. The van der Waals surface area contributed by atoms with Gasteiger partial charge in [0.15, 0.2) is 0 Å². The van der Waals surface area contributed by atoms with Crippen molar-refractivity contribution in [1.29, 1.82) is 0 Å². The molecule has 0 aliphatic carbocycles. The number of hydrogen-bond donors (Lipinski definition) is 2.